The molecule has 1 aliphatic heterocycles. The van der Waals surface area contributed by atoms with Crippen molar-refractivity contribution in [3.63, 3.8) is 0 Å². The topological polar surface area (TPSA) is 45.6 Å². The van der Waals surface area contributed by atoms with Crippen LogP contribution in [0.25, 0.3) is 22.0 Å². The Bertz CT molecular complexity index is 827. The molecule has 5 heteroatoms. The van der Waals surface area contributed by atoms with Gasteiger partial charge in [-0.1, -0.05) is 7.43 Å². The summed E-state index contributed by atoms with van der Waals surface area (Å²) in [7, 11) is 0. The Labute approximate surface area is 142 Å². The standard InChI is InChI=1S/C18H21FN4.CH4/c1-12-16(10-22-23(12)11-13-4-6-20-7-5-13)17-9-21-18-8-14(19)2-3-15(17)18;/h2-3,8-10,13,20-21H,4-7,11H2,1H3;1H4. The minimum Gasteiger partial charge on any atom is -0.360 e. The van der Waals surface area contributed by atoms with Crippen LogP contribution in [0.2, 0.25) is 0 Å². The van der Waals surface area contributed by atoms with Crippen molar-refractivity contribution in [2.75, 3.05) is 13.1 Å². The summed E-state index contributed by atoms with van der Waals surface area (Å²) in [5, 5.41) is 9.04. The van der Waals surface area contributed by atoms with E-state index in [9.17, 15) is 4.39 Å². The summed E-state index contributed by atoms with van der Waals surface area (Å²) in [5.74, 6) is 0.476. The van der Waals surface area contributed by atoms with E-state index in [0.29, 0.717) is 5.92 Å². The van der Waals surface area contributed by atoms with E-state index in [4.69, 9.17) is 0 Å². The molecule has 0 amide bonds. The number of H-pyrrole nitrogens is 1. The number of hydrogen-bond acceptors (Lipinski definition) is 2. The average molecular weight is 328 g/mol. The average Bonchev–Trinajstić information content (AvgIpc) is 3.12. The van der Waals surface area contributed by atoms with Crippen molar-refractivity contribution in [3.8, 4) is 11.1 Å². The molecular weight excluding hydrogens is 303 g/mol. The van der Waals surface area contributed by atoms with Crippen LogP contribution < -0.4 is 5.32 Å². The van der Waals surface area contributed by atoms with Gasteiger partial charge in [-0.2, -0.15) is 5.10 Å². The monoisotopic (exact) mass is 328 g/mol. The van der Waals surface area contributed by atoms with Gasteiger partial charge in [-0.15, -0.1) is 0 Å². The van der Waals surface area contributed by atoms with E-state index < -0.39 is 0 Å². The SMILES string of the molecule is C.Cc1c(-c2c[nH]c3cc(F)ccc23)cnn1CC1CCNCC1. The Morgan fingerprint density at radius 3 is 2.83 bits per heavy atom. The lowest BCUT2D eigenvalue weighted by molar-refractivity contribution is 0.319. The van der Waals surface area contributed by atoms with Crippen molar-refractivity contribution in [2.24, 2.45) is 5.92 Å². The van der Waals surface area contributed by atoms with Gasteiger partial charge in [0.1, 0.15) is 5.82 Å². The van der Waals surface area contributed by atoms with Crippen LogP contribution in [0.1, 0.15) is 26.0 Å². The first-order valence-electron chi connectivity index (χ1n) is 8.22. The smallest absolute Gasteiger partial charge is 0.125 e. The molecule has 1 aromatic carbocycles. The molecule has 1 aliphatic rings. The number of fused-ring (bicyclic) bond motifs is 1. The Hall–Kier alpha value is -2.14. The zero-order valence-electron chi connectivity index (χ0n) is 13.3. The minimum atomic E-state index is -0.218. The second-order valence-electron chi connectivity index (χ2n) is 6.41. The lowest BCUT2D eigenvalue weighted by Gasteiger charge is -2.23. The number of aromatic nitrogens is 3. The zero-order chi connectivity index (χ0) is 15.8. The maximum atomic E-state index is 13.4. The second-order valence-corrected chi connectivity index (χ2v) is 6.41. The van der Waals surface area contributed by atoms with Crippen LogP contribution in [0.3, 0.4) is 0 Å². The highest BCUT2D eigenvalue weighted by atomic mass is 19.1. The summed E-state index contributed by atoms with van der Waals surface area (Å²) in [5.41, 5.74) is 4.21. The Morgan fingerprint density at radius 1 is 1.25 bits per heavy atom. The Balaban J connectivity index is 0.00000169. The van der Waals surface area contributed by atoms with Crippen molar-refractivity contribution in [1.29, 1.82) is 0 Å². The molecule has 128 valence electrons. The summed E-state index contributed by atoms with van der Waals surface area (Å²) in [6, 6.07) is 4.88. The van der Waals surface area contributed by atoms with Crippen molar-refractivity contribution < 1.29 is 4.39 Å². The van der Waals surface area contributed by atoms with Gasteiger partial charge in [0.05, 0.1) is 6.20 Å². The fourth-order valence-corrected chi connectivity index (χ4v) is 3.53. The van der Waals surface area contributed by atoms with Gasteiger partial charge >= 0.3 is 0 Å². The molecule has 1 fully saturated rings. The minimum absolute atomic E-state index is 0. The number of piperidine rings is 1. The highest BCUT2D eigenvalue weighted by Crippen LogP contribution is 2.31. The number of nitrogens with zero attached hydrogens (tertiary/aromatic N) is 2. The summed E-state index contributed by atoms with van der Waals surface area (Å²) in [6.45, 7) is 5.30. The van der Waals surface area contributed by atoms with Gasteiger partial charge in [0.15, 0.2) is 0 Å². The van der Waals surface area contributed by atoms with Gasteiger partial charge < -0.3 is 10.3 Å². The molecule has 0 saturated carbocycles. The molecule has 3 aromatic rings. The van der Waals surface area contributed by atoms with Gasteiger partial charge in [0.25, 0.3) is 0 Å². The number of benzene rings is 1. The van der Waals surface area contributed by atoms with Crippen LogP contribution in [-0.4, -0.2) is 27.9 Å². The van der Waals surface area contributed by atoms with Gasteiger partial charge in [0.2, 0.25) is 0 Å². The van der Waals surface area contributed by atoms with Gasteiger partial charge in [-0.3, -0.25) is 4.68 Å². The Morgan fingerprint density at radius 2 is 2.04 bits per heavy atom. The van der Waals surface area contributed by atoms with Crippen LogP contribution in [0.15, 0.2) is 30.6 Å². The highest BCUT2D eigenvalue weighted by Gasteiger charge is 2.17. The largest absolute Gasteiger partial charge is 0.360 e. The molecule has 2 N–H and O–H groups in total. The molecule has 0 radical (unpaired) electrons. The van der Waals surface area contributed by atoms with Crippen molar-refractivity contribution >= 4 is 10.9 Å². The molecule has 0 bridgehead atoms. The molecule has 0 unspecified atom stereocenters. The fourth-order valence-electron chi connectivity index (χ4n) is 3.53. The molecule has 0 spiro atoms. The number of rotatable bonds is 3. The number of nitrogens with one attached hydrogen (secondary N) is 2. The maximum absolute atomic E-state index is 13.4. The van der Waals surface area contributed by atoms with Crippen LogP contribution in [-0.2, 0) is 6.54 Å². The van der Waals surface area contributed by atoms with E-state index in [0.717, 1.165) is 41.7 Å². The van der Waals surface area contributed by atoms with Gasteiger partial charge in [-0.25, -0.2) is 4.39 Å². The van der Waals surface area contributed by atoms with Crippen LogP contribution >= 0.6 is 0 Å². The van der Waals surface area contributed by atoms with E-state index in [-0.39, 0.29) is 13.2 Å². The van der Waals surface area contributed by atoms with Crippen molar-refractivity contribution in [2.45, 2.75) is 33.7 Å². The molecule has 0 atom stereocenters. The molecule has 4 nitrogen and oxygen atoms in total. The third-order valence-electron chi connectivity index (χ3n) is 4.93. The molecule has 3 heterocycles. The Kier molecular flexibility index (Phi) is 4.71. The van der Waals surface area contributed by atoms with E-state index in [1.54, 1.807) is 0 Å². The van der Waals surface area contributed by atoms with Gasteiger partial charge in [0, 0.05) is 40.5 Å². The number of hydrogen-bond donors (Lipinski definition) is 2. The summed E-state index contributed by atoms with van der Waals surface area (Å²) < 4.78 is 15.5. The number of aromatic amines is 1. The quantitative estimate of drug-likeness (QED) is 0.760. The maximum Gasteiger partial charge on any atom is 0.125 e. The van der Waals surface area contributed by atoms with E-state index in [1.807, 2.05) is 18.5 Å². The lowest BCUT2D eigenvalue weighted by Crippen LogP contribution is -2.30. The molecule has 2 aromatic heterocycles. The van der Waals surface area contributed by atoms with Crippen molar-refractivity contribution in [1.82, 2.24) is 20.1 Å². The first kappa shape index (κ1) is 16.7. The van der Waals surface area contributed by atoms with Crippen LogP contribution in [0, 0.1) is 18.7 Å². The predicted molar refractivity (Wildman–Crippen MR) is 96.5 cm³/mol. The molecule has 1 saturated heterocycles. The summed E-state index contributed by atoms with van der Waals surface area (Å²) >= 11 is 0. The summed E-state index contributed by atoms with van der Waals surface area (Å²) in [4.78, 5) is 3.16. The molecular formula is C19H25FN4. The fraction of sp³-hybridized carbons (Fsp3) is 0.421. The van der Waals surface area contributed by atoms with E-state index in [2.05, 4.69) is 27.0 Å². The van der Waals surface area contributed by atoms with E-state index >= 15 is 0 Å². The molecule has 24 heavy (non-hydrogen) atoms. The third kappa shape index (κ3) is 2.96. The lowest BCUT2D eigenvalue weighted by atomic mass is 9.98. The zero-order valence-corrected chi connectivity index (χ0v) is 13.3. The number of halogens is 1. The summed E-state index contributed by atoms with van der Waals surface area (Å²) in [6.07, 6.45) is 6.30. The molecule has 4 rings (SSSR count). The van der Waals surface area contributed by atoms with E-state index in [1.165, 1.54) is 30.7 Å². The molecule has 0 aliphatic carbocycles. The highest BCUT2D eigenvalue weighted by molar-refractivity contribution is 5.95. The predicted octanol–water partition coefficient (Wildman–Crippen LogP) is 4.11. The van der Waals surface area contributed by atoms with Crippen LogP contribution in [0.4, 0.5) is 4.39 Å². The van der Waals surface area contributed by atoms with Crippen molar-refractivity contribution in [3.05, 3.63) is 42.1 Å². The van der Waals surface area contributed by atoms with Gasteiger partial charge in [-0.05, 0) is 57.0 Å². The third-order valence-corrected chi connectivity index (χ3v) is 4.93. The first-order chi connectivity index (χ1) is 11.2. The van der Waals surface area contributed by atoms with Crippen LogP contribution in [0.5, 0.6) is 0 Å². The normalized spacial score (nSPS) is 15.6. The first-order valence-corrected chi connectivity index (χ1v) is 8.22. The second kappa shape index (κ2) is 6.77.